The van der Waals surface area contributed by atoms with E-state index in [1.165, 1.54) is 17.0 Å². The summed E-state index contributed by atoms with van der Waals surface area (Å²) in [6.45, 7) is 12.4. The number of aryl methyl sites for hydroxylation is 1. The van der Waals surface area contributed by atoms with Crippen LogP contribution >= 0.6 is 12.6 Å². The Morgan fingerprint density at radius 3 is 2.19 bits per heavy atom. The van der Waals surface area contributed by atoms with Gasteiger partial charge < -0.3 is 25.4 Å². The Balaban J connectivity index is 2.54. The van der Waals surface area contributed by atoms with Crippen LogP contribution in [0.25, 0.3) is 0 Å². The Bertz CT molecular complexity index is 1090. The molecule has 0 aliphatic heterocycles. The van der Waals surface area contributed by atoms with Crippen LogP contribution in [0.5, 0.6) is 5.75 Å². The number of benzene rings is 2. The lowest BCUT2D eigenvalue weighted by Gasteiger charge is -2.43. The molecule has 0 fully saturated rings. The number of alkyl carbamates (subject to hydrolysis) is 1. The summed E-state index contributed by atoms with van der Waals surface area (Å²) < 4.78 is 5.32. The lowest BCUT2D eigenvalue weighted by molar-refractivity contribution is -0.146. The maximum absolute atomic E-state index is 13.9. The molecule has 0 radical (unpaired) electrons. The molecule has 0 aliphatic carbocycles. The summed E-state index contributed by atoms with van der Waals surface area (Å²) in [6, 6.07) is 11.4. The number of hydrogen-bond donors (Lipinski definition) is 4. The number of aromatic hydroxyl groups is 1. The van der Waals surface area contributed by atoms with Crippen LogP contribution in [-0.2, 0) is 14.3 Å². The number of thiol groups is 1. The second-order valence-electron chi connectivity index (χ2n) is 10.6. The van der Waals surface area contributed by atoms with E-state index in [1.807, 2.05) is 19.1 Å². The Morgan fingerprint density at radius 2 is 1.67 bits per heavy atom. The molecule has 0 aliphatic rings. The fourth-order valence-electron chi connectivity index (χ4n) is 3.68. The third-order valence-electron chi connectivity index (χ3n) is 5.23. The molecule has 2 aromatic rings. The molecule has 3 amide bonds. The molecule has 0 heterocycles. The van der Waals surface area contributed by atoms with Crippen molar-refractivity contribution in [2.24, 2.45) is 0 Å². The zero-order valence-corrected chi connectivity index (χ0v) is 22.8. The van der Waals surface area contributed by atoms with Crippen molar-refractivity contribution in [3.63, 3.8) is 0 Å². The Labute approximate surface area is 218 Å². The average molecular weight is 516 g/mol. The smallest absolute Gasteiger partial charge is 0.408 e. The summed E-state index contributed by atoms with van der Waals surface area (Å²) in [6.07, 6.45) is -0.762. The van der Waals surface area contributed by atoms with Gasteiger partial charge in [0.25, 0.3) is 5.91 Å². The summed E-state index contributed by atoms with van der Waals surface area (Å²) in [5, 5.41) is 15.7. The van der Waals surface area contributed by atoms with E-state index < -0.39 is 41.1 Å². The lowest BCUT2D eigenvalue weighted by atomic mass is 9.95. The maximum atomic E-state index is 13.9. The van der Waals surface area contributed by atoms with Crippen LogP contribution in [-0.4, -0.2) is 50.8 Å². The highest BCUT2D eigenvalue weighted by atomic mass is 32.1. The van der Waals surface area contributed by atoms with E-state index in [4.69, 9.17) is 4.74 Å². The summed E-state index contributed by atoms with van der Waals surface area (Å²) >= 11 is 4.29. The molecule has 2 atom stereocenters. The van der Waals surface area contributed by atoms with Crippen molar-refractivity contribution in [1.82, 2.24) is 10.2 Å². The normalized spacial score (nSPS) is 13.3. The molecule has 36 heavy (non-hydrogen) atoms. The predicted octanol–water partition coefficient (Wildman–Crippen LogP) is 4.83. The molecule has 2 rings (SSSR count). The summed E-state index contributed by atoms with van der Waals surface area (Å²) in [5.41, 5.74) is 0.267. The number of rotatable bonds is 7. The van der Waals surface area contributed by atoms with Crippen LogP contribution in [0, 0.1) is 6.92 Å². The first-order valence-corrected chi connectivity index (χ1v) is 12.4. The number of carbonyl (C=O) groups is 3. The van der Waals surface area contributed by atoms with Crippen LogP contribution in [0.15, 0.2) is 48.5 Å². The molecule has 9 heteroatoms. The first-order valence-electron chi connectivity index (χ1n) is 11.7. The van der Waals surface area contributed by atoms with Gasteiger partial charge in [-0.05, 0) is 77.8 Å². The highest BCUT2D eigenvalue weighted by Gasteiger charge is 2.41. The van der Waals surface area contributed by atoms with Gasteiger partial charge in [0.1, 0.15) is 23.4 Å². The second kappa shape index (κ2) is 11.7. The van der Waals surface area contributed by atoms with Crippen molar-refractivity contribution >= 4 is 36.2 Å². The van der Waals surface area contributed by atoms with Crippen LogP contribution in [0.3, 0.4) is 0 Å². The number of phenols is 1. The van der Waals surface area contributed by atoms with Crippen molar-refractivity contribution in [1.29, 1.82) is 0 Å². The van der Waals surface area contributed by atoms with E-state index in [9.17, 15) is 19.5 Å². The van der Waals surface area contributed by atoms with E-state index in [1.54, 1.807) is 65.8 Å². The monoisotopic (exact) mass is 515 g/mol. The Morgan fingerprint density at radius 1 is 1.03 bits per heavy atom. The van der Waals surface area contributed by atoms with Gasteiger partial charge in [0.15, 0.2) is 0 Å². The number of para-hydroxylation sites is 1. The van der Waals surface area contributed by atoms with E-state index in [-0.39, 0.29) is 11.5 Å². The maximum Gasteiger partial charge on any atom is 0.408 e. The van der Waals surface area contributed by atoms with Gasteiger partial charge in [-0.3, -0.25) is 9.59 Å². The minimum absolute atomic E-state index is 0.0170. The third kappa shape index (κ3) is 7.91. The number of hydrogen-bond acceptors (Lipinski definition) is 6. The van der Waals surface area contributed by atoms with Crippen LogP contribution in [0.2, 0.25) is 0 Å². The number of carbonyl (C=O) groups excluding carboxylic acids is 3. The van der Waals surface area contributed by atoms with Crippen LogP contribution in [0.1, 0.15) is 58.7 Å². The molecule has 0 spiro atoms. The lowest BCUT2D eigenvalue weighted by Crippen LogP contribution is -2.58. The fraction of sp³-hybridized carbons (Fsp3) is 0.444. The largest absolute Gasteiger partial charge is 0.508 e. The average Bonchev–Trinajstić information content (AvgIpc) is 2.74. The van der Waals surface area contributed by atoms with Crippen LogP contribution < -0.4 is 10.6 Å². The van der Waals surface area contributed by atoms with Gasteiger partial charge >= 0.3 is 6.09 Å². The molecule has 2 unspecified atom stereocenters. The van der Waals surface area contributed by atoms with E-state index in [2.05, 4.69) is 23.3 Å². The molecule has 8 nitrogen and oxygen atoms in total. The predicted molar refractivity (Wildman–Crippen MR) is 144 cm³/mol. The molecule has 0 aromatic heterocycles. The Hall–Kier alpha value is -3.20. The minimum Gasteiger partial charge on any atom is -0.508 e. The standard InChI is InChI=1S/C27H37N3O5S/c1-17-11-8-9-14-20(17)28-23(32)22(18-12-10-13-19(31)15-18)30(26(2,3)4)24(33)21(16-36)29-25(34)35-27(5,6)7/h8-15,21-22,31,36H,16H2,1-7H3,(H,28,32)(H,29,34). The summed E-state index contributed by atoms with van der Waals surface area (Å²) in [4.78, 5) is 41.5. The van der Waals surface area contributed by atoms with E-state index in [0.717, 1.165) is 5.56 Å². The number of ether oxygens (including phenoxy) is 1. The van der Waals surface area contributed by atoms with Gasteiger partial charge in [-0.1, -0.05) is 30.3 Å². The molecule has 3 N–H and O–H groups in total. The summed E-state index contributed by atoms with van der Waals surface area (Å²) in [7, 11) is 0. The van der Waals surface area contributed by atoms with Gasteiger partial charge in [-0.15, -0.1) is 0 Å². The van der Waals surface area contributed by atoms with Gasteiger partial charge in [0, 0.05) is 17.0 Å². The van der Waals surface area contributed by atoms with Gasteiger partial charge in [-0.25, -0.2) is 4.79 Å². The first kappa shape index (κ1) is 29.0. The molecule has 0 saturated heterocycles. The number of phenolic OH excluding ortho intramolecular Hbond substituents is 1. The highest BCUT2D eigenvalue weighted by molar-refractivity contribution is 7.80. The minimum atomic E-state index is -1.12. The van der Waals surface area contributed by atoms with Gasteiger partial charge in [0.05, 0.1) is 0 Å². The molecular formula is C27H37N3O5S. The van der Waals surface area contributed by atoms with Crippen molar-refractivity contribution in [2.45, 2.75) is 71.7 Å². The van der Waals surface area contributed by atoms with Gasteiger partial charge in [0.2, 0.25) is 5.91 Å². The van der Waals surface area contributed by atoms with Crippen molar-refractivity contribution in [3.05, 3.63) is 59.7 Å². The van der Waals surface area contributed by atoms with Crippen molar-refractivity contribution in [3.8, 4) is 5.75 Å². The third-order valence-corrected chi connectivity index (χ3v) is 5.59. The van der Waals surface area contributed by atoms with Gasteiger partial charge in [-0.2, -0.15) is 12.6 Å². The molecule has 0 saturated carbocycles. The molecule has 2 aromatic carbocycles. The Kier molecular flexibility index (Phi) is 9.43. The molecule has 0 bridgehead atoms. The second-order valence-corrected chi connectivity index (χ2v) is 10.9. The van der Waals surface area contributed by atoms with Crippen LogP contribution in [0.4, 0.5) is 10.5 Å². The topological polar surface area (TPSA) is 108 Å². The number of nitrogens with one attached hydrogen (secondary N) is 2. The van der Waals surface area contributed by atoms with Crippen molar-refractivity contribution in [2.75, 3.05) is 11.1 Å². The van der Waals surface area contributed by atoms with E-state index in [0.29, 0.717) is 11.3 Å². The fourth-order valence-corrected chi connectivity index (χ4v) is 3.92. The van der Waals surface area contributed by atoms with E-state index >= 15 is 0 Å². The number of nitrogens with zero attached hydrogens (tertiary/aromatic N) is 1. The van der Waals surface area contributed by atoms with Crippen molar-refractivity contribution < 1.29 is 24.2 Å². The molecule has 196 valence electrons. The quantitative estimate of drug-likeness (QED) is 0.395. The zero-order valence-electron chi connectivity index (χ0n) is 22.0. The summed E-state index contributed by atoms with van der Waals surface area (Å²) in [5.74, 6) is -1.04. The zero-order chi connectivity index (χ0) is 27.3. The SMILES string of the molecule is Cc1ccccc1NC(=O)C(c1cccc(O)c1)N(C(=O)C(CS)NC(=O)OC(C)(C)C)C(C)(C)C. The number of amides is 3. The number of anilines is 1. The first-order chi connectivity index (χ1) is 16.6. The molecular weight excluding hydrogens is 478 g/mol. The highest BCUT2D eigenvalue weighted by Crippen LogP contribution is 2.32.